The summed E-state index contributed by atoms with van der Waals surface area (Å²) in [6, 6.07) is 8.92. The van der Waals surface area contributed by atoms with Gasteiger partial charge in [-0.2, -0.15) is 5.10 Å². The van der Waals surface area contributed by atoms with Gasteiger partial charge >= 0.3 is 5.69 Å². The van der Waals surface area contributed by atoms with E-state index in [0.717, 1.165) is 17.0 Å². The van der Waals surface area contributed by atoms with E-state index in [0.29, 0.717) is 10.9 Å². The van der Waals surface area contributed by atoms with Gasteiger partial charge in [-0.25, -0.2) is 10.4 Å². The summed E-state index contributed by atoms with van der Waals surface area (Å²) in [5.41, 5.74) is 1.49. The smallest absolute Gasteiger partial charge is 0.312 e. The van der Waals surface area contributed by atoms with Crippen LogP contribution in [0.4, 0.5) is 5.69 Å². The summed E-state index contributed by atoms with van der Waals surface area (Å²) in [5.74, 6) is -1.11. The molecule has 2 N–H and O–H groups in total. The molecule has 0 saturated carbocycles. The lowest BCUT2D eigenvalue weighted by Gasteiger charge is -2.11. The van der Waals surface area contributed by atoms with Crippen molar-refractivity contribution in [1.82, 2.24) is 15.1 Å². The Balaban J connectivity index is 1.69. The van der Waals surface area contributed by atoms with Crippen molar-refractivity contribution in [3.63, 3.8) is 0 Å². The summed E-state index contributed by atoms with van der Waals surface area (Å²) >= 11 is 5.77. The van der Waals surface area contributed by atoms with Crippen molar-refractivity contribution in [2.45, 2.75) is 6.92 Å². The Morgan fingerprint density at radius 2 is 2.17 bits per heavy atom. The monoisotopic (exact) mass is 431 g/mol. The maximum atomic E-state index is 12.5. The van der Waals surface area contributed by atoms with Crippen LogP contribution in [0.1, 0.15) is 11.4 Å². The third kappa shape index (κ3) is 4.36. The summed E-state index contributed by atoms with van der Waals surface area (Å²) in [6.07, 6.45) is 0.987. The molecule has 30 heavy (non-hydrogen) atoms. The van der Waals surface area contributed by atoms with E-state index in [1.165, 1.54) is 6.07 Å². The number of halogens is 1. The number of rotatable bonds is 6. The lowest BCUT2D eigenvalue weighted by molar-refractivity contribution is -0.385. The number of para-hydroxylation sites is 1. The number of carbonyl (C=O) groups excluding carboxylic acids is 1. The molecule has 2 aromatic carbocycles. The Morgan fingerprint density at radius 1 is 1.43 bits per heavy atom. The summed E-state index contributed by atoms with van der Waals surface area (Å²) in [4.78, 5) is 43.9. The minimum Gasteiger partial charge on any atom is -0.502 e. The van der Waals surface area contributed by atoms with Crippen LogP contribution in [0.5, 0.6) is 5.75 Å². The number of aromatic hydroxyl groups is 1. The molecule has 1 amide bonds. The zero-order valence-electron chi connectivity index (χ0n) is 15.4. The molecule has 0 saturated heterocycles. The van der Waals surface area contributed by atoms with Crippen molar-refractivity contribution in [1.29, 1.82) is 0 Å². The number of nitro benzene ring substituents is 1. The number of hydrazone groups is 1. The number of fused-ring (bicyclic) bond motifs is 1. The molecule has 3 aromatic rings. The van der Waals surface area contributed by atoms with E-state index in [4.69, 9.17) is 16.4 Å². The predicted molar refractivity (Wildman–Crippen MR) is 108 cm³/mol. The second kappa shape index (κ2) is 8.57. The number of nitro groups is 1. The van der Waals surface area contributed by atoms with E-state index in [2.05, 4.69) is 15.5 Å². The fourth-order valence-electron chi connectivity index (χ4n) is 2.55. The average Bonchev–Trinajstić information content (AvgIpc) is 2.70. The highest BCUT2D eigenvalue weighted by atomic mass is 35.5. The molecule has 1 aromatic heterocycles. The highest BCUT2D eigenvalue weighted by molar-refractivity contribution is 6.31. The van der Waals surface area contributed by atoms with E-state index in [-0.39, 0.29) is 16.4 Å². The summed E-state index contributed by atoms with van der Waals surface area (Å²) in [5, 5.41) is 24.7. The number of aryl methyl sites for hydroxylation is 1. The first-order chi connectivity index (χ1) is 14.3. The average molecular weight is 432 g/mol. The van der Waals surface area contributed by atoms with E-state index in [1.54, 1.807) is 31.2 Å². The number of phenolic OH excluding ortho intramolecular Hbond substituents is 1. The molecule has 0 radical (unpaired) electrons. The molecule has 154 valence electrons. The molecule has 0 unspecified atom stereocenters. The van der Waals surface area contributed by atoms with Crippen LogP contribution in [-0.4, -0.2) is 38.5 Å². The second-order valence-electron chi connectivity index (χ2n) is 5.96. The van der Waals surface area contributed by atoms with Crippen LogP contribution in [0.15, 0.2) is 46.3 Å². The van der Waals surface area contributed by atoms with Gasteiger partial charge in [0.05, 0.1) is 22.0 Å². The van der Waals surface area contributed by atoms with E-state index in [1.807, 2.05) is 0 Å². The first-order valence-electron chi connectivity index (χ1n) is 8.38. The van der Waals surface area contributed by atoms with Crippen LogP contribution in [0, 0.1) is 17.0 Å². The van der Waals surface area contributed by atoms with Gasteiger partial charge < -0.3 is 9.94 Å². The first kappa shape index (κ1) is 20.7. The minimum absolute atomic E-state index is 0.00858. The Kier molecular flexibility index (Phi) is 5.93. The van der Waals surface area contributed by atoms with Crippen LogP contribution >= 0.6 is 11.6 Å². The van der Waals surface area contributed by atoms with Crippen molar-refractivity contribution < 1.29 is 19.7 Å². The third-order valence-corrected chi connectivity index (χ3v) is 4.11. The van der Waals surface area contributed by atoms with Gasteiger partial charge in [0.2, 0.25) is 5.75 Å². The first-order valence-corrected chi connectivity index (χ1v) is 8.76. The Bertz CT molecular complexity index is 1240. The number of aromatic nitrogens is 2. The van der Waals surface area contributed by atoms with Gasteiger partial charge in [-0.15, -0.1) is 4.73 Å². The topological polar surface area (TPSA) is 149 Å². The van der Waals surface area contributed by atoms with Crippen LogP contribution in [0.25, 0.3) is 10.9 Å². The number of nitrogens with one attached hydrogen (secondary N) is 1. The van der Waals surface area contributed by atoms with Crippen LogP contribution in [-0.2, 0) is 4.79 Å². The molecule has 0 aliphatic carbocycles. The minimum atomic E-state index is -0.803. The molecule has 0 bridgehead atoms. The highest BCUT2D eigenvalue weighted by Gasteiger charge is 2.18. The lowest BCUT2D eigenvalue weighted by Crippen LogP contribution is -2.35. The quantitative estimate of drug-likeness (QED) is 0.341. The Hall–Kier alpha value is -3.99. The number of hydrogen-bond acceptors (Lipinski definition) is 8. The summed E-state index contributed by atoms with van der Waals surface area (Å²) in [7, 11) is 0. The Labute approximate surface area is 173 Å². The molecular formula is C18H14ClN5O6. The molecule has 0 aliphatic heterocycles. The van der Waals surface area contributed by atoms with Gasteiger partial charge in [0.15, 0.2) is 6.61 Å². The van der Waals surface area contributed by atoms with Crippen LogP contribution in [0.3, 0.4) is 0 Å². The van der Waals surface area contributed by atoms with Gasteiger partial charge in [-0.05, 0) is 25.1 Å². The Morgan fingerprint density at radius 3 is 2.90 bits per heavy atom. The number of nitrogens with zero attached hydrogens (tertiary/aromatic N) is 4. The molecule has 11 nitrogen and oxygen atoms in total. The van der Waals surface area contributed by atoms with Gasteiger partial charge in [0, 0.05) is 16.7 Å². The third-order valence-electron chi connectivity index (χ3n) is 3.89. The molecule has 0 spiro atoms. The summed E-state index contributed by atoms with van der Waals surface area (Å²) < 4.78 is 0.901. The lowest BCUT2D eigenvalue weighted by atomic mass is 10.2. The van der Waals surface area contributed by atoms with E-state index < -0.39 is 34.4 Å². The summed E-state index contributed by atoms with van der Waals surface area (Å²) in [6.45, 7) is 0.999. The number of amides is 1. The van der Waals surface area contributed by atoms with Gasteiger partial charge in [0.25, 0.3) is 11.5 Å². The molecule has 0 atom stereocenters. The number of benzene rings is 2. The standard InChI is InChI=1S/C18H14ClN5O6/c1-10-21-14-5-3-2-4-13(14)18(27)23(10)30-9-16(25)22-20-8-11-6-12(19)7-15(17(11)26)24(28)29/h2-8,26H,9H2,1H3,(H,22,25). The zero-order valence-corrected chi connectivity index (χ0v) is 16.2. The van der Waals surface area contributed by atoms with Crippen molar-refractivity contribution in [2.75, 3.05) is 6.61 Å². The predicted octanol–water partition coefficient (Wildman–Crippen LogP) is 1.55. The van der Waals surface area contributed by atoms with E-state index >= 15 is 0 Å². The zero-order chi connectivity index (χ0) is 21.8. The van der Waals surface area contributed by atoms with E-state index in [9.17, 15) is 24.8 Å². The van der Waals surface area contributed by atoms with Crippen LogP contribution in [0.2, 0.25) is 5.02 Å². The SMILES string of the molecule is Cc1nc2ccccc2c(=O)n1OCC(=O)NN=Cc1cc(Cl)cc([N+](=O)[O-])c1O. The molecule has 12 heteroatoms. The molecule has 0 fully saturated rings. The number of carbonyl (C=O) groups is 1. The number of phenols is 1. The van der Waals surface area contributed by atoms with Crippen LogP contribution < -0.4 is 15.8 Å². The largest absolute Gasteiger partial charge is 0.502 e. The number of hydrogen-bond donors (Lipinski definition) is 2. The van der Waals surface area contributed by atoms with Crippen molar-refractivity contribution in [3.8, 4) is 5.75 Å². The second-order valence-corrected chi connectivity index (χ2v) is 6.40. The maximum Gasteiger partial charge on any atom is 0.312 e. The maximum absolute atomic E-state index is 12.5. The normalized spacial score (nSPS) is 11.0. The molecule has 1 heterocycles. The van der Waals surface area contributed by atoms with Gasteiger partial charge in [-0.1, -0.05) is 23.7 Å². The van der Waals surface area contributed by atoms with Crippen molar-refractivity contribution >= 4 is 40.3 Å². The van der Waals surface area contributed by atoms with Gasteiger partial charge in [0.1, 0.15) is 5.82 Å². The molecule has 3 rings (SSSR count). The van der Waals surface area contributed by atoms with Crippen molar-refractivity contribution in [2.24, 2.45) is 5.10 Å². The molecular weight excluding hydrogens is 418 g/mol. The highest BCUT2D eigenvalue weighted by Crippen LogP contribution is 2.32. The fraction of sp³-hybridized carbons (Fsp3) is 0.111. The van der Waals surface area contributed by atoms with Gasteiger partial charge in [-0.3, -0.25) is 19.7 Å². The van der Waals surface area contributed by atoms with Crippen molar-refractivity contribution in [3.05, 3.63) is 73.3 Å². The fourth-order valence-corrected chi connectivity index (χ4v) is 2.77. The molecule has 0 aliphatic rings.